The van der Waals surface area contributed by atoms with Gasteiger partial charge in [-0.3, -0.25) is 9.58 Å². The van der Waals surface area contributed by atoms with E-state index in [-0.39, 0.29) is 0 Å². The molecule has 2 heterocycles. The summed E-state index contributed by atoms with van der Waals surface area (Å²) < 4.78 is 7.52. The molecule has 5 heteroatoms. The van der Waals surface area contributed by atoms with Crippen molar-refractivity contribution in [2.24, 2.45) is 0 Å². The Kier molecular flexibility index (Phi) is 5.79. The van der Waals surface area contributed by atoms with Crippen LogP contribution in [0.5, 0.6) is 0 Å². The zero-order valence-electron chi connectivity index (χ0n) is 14.0. The fourth-order valence-electron chi connectivity index (χ4n) is 2.84. The van der Waals surface area contributed by atoms with Crippen LogP contribution in [0.15, 0.2) is 12.4 Å². The fourth-order valence-corrected chi connectivity index (χ4v) is 2.84. The number of rotatable bonds is 6. The molecule has 0 radical (unpaired) electrons. The first-order valence-corrected chi connectivity index (χ1v) is 8.10. The van der Waals surface area contributed by atoms with Crippen LogP contribution in [-0.4, -0.2) is 53.1 Å². The van der Waals surface area contributed by atoms with Crippen LogP contribution in [-0.2, 0) is 4.74 Å². The standard InChI is InChI=1S/C16H30N4O/c1-12(2)20-10-16(9-18-20)15(5)17-8-13(3)19-6-7-21-11-14(19)4/h9-10,12-15,17H,6-8,11H2,1-5H3. The maximum atomic E-state index is 5.51. The lowest BCUT2D eigenvalue weighted by molar-refractivity contribution is -0.0184. The average molecular weight is 294 g/mol. The molecule has 0 saturated carbocycles. The van der Waals surface area contributed by atoms with E-state index >= 15 is 0 Å². The Morgan fingerprint density at radius 3 is 2.76 bits per heavy atom. The number of aromatic nitrogens is 2. The smallest absolute Gasteiger partial charge is 0.0619 e. The Hall–Kier alpha value is -0.910. The van der Waals surface area contributed by atoms with Crippen LogP contribution in [0.2, 0.25) is 0 Å². The molecule has 3 unspecified atom stereocenters. The zero-order chi connectivity index (χ0) is 15.4. The van der Waals surface area contributed by atoms with Crippen molar-refractivity contribution >= 4 is 0 Å². The van der Waals surface area contributed by atoms with Gasteiger partial charge in [0.1, 0.15) is 0 Å². The van der Waals surface area contributed by atoms with Gasteiger partial charge in [-0.1, -0.05) is 0 Å². The maximum absolute atomic E-state index is 5.51. The van der Waals surface area contributed by atoms with Crippen LogP contribution in [0.25, 0.3) is 0 Å². The largest absolute Gasteiger partial charge is 0.379 e. The molecule has 0 bridgehead atoms. The van der Waals surface area contributed by atoms with Gasteiger partial charge >= 0.3 is 0 Å². The molecule has 2 rings (SSSR count). The van der Waals surface area contributed by atoms with Crippen molar-refractivity contribution in [1.82, 2.24) is 20.0 Å². The van der Waals surface area contributed by atoms with Crippen LogP contribution in [0.1, 0.15) is 52.3 Å². The van der Waals surface area contributed by atoms with Crippen LogP contribution >= 0.6 is 0 Å². The predicted molar refractivity (Wildman–Crippen MR) is 85.5 cm³/mol. The molecular weight excluding hydrogens is 264 g/mol. The number of hydrogen-bond donors (Lipinski definition) is 1. The summed E-state index contributed by atoms with van der Waals surface area (Å²) in [5, 5.41) is 8.05. The average Bonchev–Trinajstić information content (AvgIpc) is 2.95. The Bertz CT molecular complexity index is 432. The molecule has 1 N–H and O–H groups in total. The van der Waals surface area contributed by atoms with Crippen LogP contribution in [0, 0.1) is 0 Å². The molecular formula is C16H30N4O. The summed E-state index contributed by atoms with van der Waals surface area (Å²) in [6.45, 7) is 14.8. The van der Waals surface area contributed by atoms with E-state index < -0.39 is 0 Å². The summed E-state index contributed by atoms with van der Waals surface area (Å²) in [5.41, 5.74) is 1.26. The Balaban J connectivity index is 1.83. The third kappa shape index (κ3) is 4.28. The Morgan fingerprint density at radius 2 is 2.14 bits per heavy atom. The molecule has 21 heavy (non-hydrogen) atoms. The second-order valence-corrected chi connectivity index (χ2v) is 6.49. The zero-order valence-corrected chi connectivity index (χ0v) is 14.0. The van der Waals surface area contributed by atoms with E-state index in [1.807, 2.05) is 10.9 Å². The van der Waals surface area contributed by atoms with Crippen molar-refractivity contribution in [2.75, 3.05) is 26.3 Å². The van der Waals surface area contributed by atoms with Crippen LogP contribution in [0.4, 0.5) is 0 Å². The first-order chi connectivity index (χ1) is 9.99. The topological polar surface area (TPSA) is 42.3 Å². The second kappa shape index (κ2) is 7.38. The number of morpholine rings is 1. The normalized spacial score (nSPS) is 23.4. The SMILES string of the molecule is CC(NCC(C)N1CCOCC1C)c1cnn(C(C)C)c1. The first kappa shape index (κ1) is 16.5. The highest BCUT2D eigenvalue weighted by Crippen LogP contribution is 2.15. The second-order valence-electron chi connectivity index (χ2n) is 6.49. The minimum absolute atomic E-state index is 0.330. The minimum atomic E-state index is 0.330. The van der Waals surface area contributed by atoms with Gasteiger partial charge in [-0.2, -0.15) is 5.10 Å². The van der Waals surface area contributed by atoms with Crippen LogP contribution < -0.4 is 5.32 Å². The molecule has 0 aliphatic carbocycles. The van der Waals surface area contributed by atoms with Crippen molar-refractivity contribution in [2.45, 2.75) is 58.8 Å². The summed E-state index contributed by atoms with van der Waals surface area (Å²) >= 11 is 0. The quantitative estimate of drug-likeness (QED) is 0.873. The van der Waals surface area contributed by atoms with Gasteiger partial charge in [-0.25, -0.2) is 0 Å². The van der Waals surface area contributed by atoms with Crippen molar-refractivity contribution in [1.29, 1.82) is 0 Å². The van der Waals surface area contributed by atoms with Gasteiger partial charge in [0.25, 0.3) is 0 Å². The molecule has 5 nitrogen and oxygen atoms in total. The molecule has 1 aromatic rings. The molecule has 120 valence electrons. The van der Waals surface area contributed by atoms with E-state index in [2.05, 4.69) is 56.1 Å². The fraction of sp³-hybridized carbons (Fsp3) is 0.812. The number of nitrogens with one attached hydrogen (secondary N) is 1. The predicted octanol–water partition coefficient (Wildman–Crippen LogP) is 2.22. The van der Waals surface area contributed by atoms with E-state index in [4.69, 9.17) is 4.74 Å². The van der Waals surface area contributed by atoms with Gasteiger partial charge in [-0.05, 0) is 34.6 Å². The van der Waals surface area contributed by atoms with E-state index in [1.54, 1.807) is 0 Å². The minimum Gasteiger partial charge on any atom is -0.379 e. The first-order valence-electron chi connectivity index (χ1n) is 8.10. The summed E-state index contributed by atoms with van der Waals surface area (Å²) in [5.74, 6) is 0. The van der Waals surface area contributed by atoms with Crippen molar-refractivity contribution < 1.29 is 4.74 Å². The molecule has 3 atom stereocenters. The number of hydrogen-bond acceptors (Lipinski definition) is 4. The monoisotopic (exact) mass is 294 g/mol. The summed E-state index contributed by atoms with van der Waals surface area (Å²) in [6, 6.07) is 1.77. The highest BCUT2D eigenvalue weighted by atomic mass is 16.5. The highest BCUT2D eigenvalue weighted by molar-refractivity contribution is 5.09. The maximum Gasteiger partial charge on any atom is 0.0619 e. The highest BCUT2D eigenvalue weighted by Gasteiger charge is 2.23. The van der Waals surface area contributed by atoms with Crippen molar-refractivity contribution in [3.8, 4) is 0 Å². The molecule has 0 amide bonds. The van der Waals surface area contributed by atoms with Gasteiger partial charge in [-0.15, -0.1) is 0 Å². The molecule has 0 aromatic carbocycles. The lowest BCUT2D eigenvalue weighted by Gasteiger charge is -2.38. The van der Waals surface area contributed by atoms with E-state index in [9.17, 15) is 0 Å². The van der Waals surface area contributed by atoms with Gasteiger partial charge in [0.2, 0.25) is 0 Å². The molecule has 1 saturated heterocycles. The third-order valence-electron chi connectivity index (χ3n) is 4.36. The lowest BCUT2D eigenvalue weighted by atomic mass is 10.1. The molecule has 1 aliphatic heterocycles. The van der Waals surface area contributed by atoms with Gasteiger partial charge in [0.15, 0.2) is 0 Å². The molecule has 0 spiro atoms. The summed E-state index contributed by atoms with van der Waals surface area (Å²) in [6.07, 6.45) is 4.12. The third-order valence-corrected chi connectivity index (χ3v) is 4.36. The van der Waals surface area contributed by atoms with E-state index in [0.29, 0.717) is 24.2 Å². The number of ether oxygens (including phenoxy) is 1. The lowest BCUT2D eigenvalue weighted by Crippen LogP contribution is -2.51. The molecule has 1 fully saturated rings. The van der Waals surface area contributed by atoms with Gasteiger partial charge < -0.3 is 10.1 Å². The summed E-state index contributed by atoms with van der Waals surface area (Å²) in [7, 11) is 0. The Morgan fingerprint density at radius 1 is 1.38 bits per heavy atom. The van der Waals surface area contributed by atoms with E-state index in [0.717, 1.165) is 26.3 Å². The van der Waals surface area contributed by atoms with Gasteiger partial charge in [0.05, 0.1) is 19.4 Å². The molecule has 1 aliphatic rings. The number of nitrogens with zero attached hydrogens (tertiary/aromatic N) is 3. The van der Waals surface area contributed by atoms with Gasteiger partial charge in [0, 0.05) is 49.0 Å². The Labute approximate surface area is 128 Å². The van der Waals surface area contributed by atoms with Crippen LogP contribution in [0.3, 0.4) is 0 Å². The van der Waals surface area contributed by atoms with E-state index in [1.165, 1.54) is 5.56 Å². The van der Waals surface area contributed by atoms with Crippen molar-refractivity contribution in [3.63, 3.8) is 0 Å². The van der Waals surface area contributed by atoms with Crippen molar-refractivity contribution in [3.05, 3.63) is 18.0 Å². The molecule has 1 aromatic heterocycles. The summed E-state index contributed by atoms with van der Waals surface area (Å²) in [4.78, 5) is 2.53.